The van der Waals surface area contributed by atoms with Crippen molar-refractivity contribution in [2.45, 2.75) is 51.2 Å². The summed E-state index contributed by atoms with van der Waals surface area (Å²) in [7, 11) is 0. The zero-order valence-corrected chi connectivity index (χ0v) is 7.45. The average molecular weight is 172 g/mol. The maximum absolute atomic E-state index is 10.6. The van der Waals surface area contributed by atoms with Crippen molar-refractivity contribution in [3.8, 4) is 0 Å². The van der Waals surface area contributed by atoms with E-state index in [2.05, 4.69) is 0 Å². The first-order valence-corrected chi connectivity index (χ1v) is 4.62. The van der Waals surface area contributed by atoms with Crippen LogP contribution in [0.1, 0.15) is 39.0 Å². The SMILES string of the molecule is CCCC(OC1CCC1)C(=O)O. The molecule has 1 saturated carbocycles. The van der Waals surface area contributed by atoms with Gasteiger partial charge in [-0.15, -0.1) is 0 Å². The Kier molecular flexibility index (Phi) is 3.53. The summed E-state index contributed by atoms with van der Waals surface area (Å²) in [5.41, 5.74) is 0. The Hall–Kier alpha value is -0.570. The average Bonchev–Trinajstić information content (AvgIpc) is 1.93. The third kappa shape index (κ3) is 2.48. The molecule has 1 fully saturated rings. The number of carbonyl (C=O) groups is 1. The highest BCUT2D eigenvalue weighted by Gasteiger charge is 2.25. The van der Waals surface area contributed by atoms with Gasteiger partial charge in [0.2, 0.25) is 0 Å². The predicted octanol–water partition coefficient (Wildman–Crippen LogP) is 1.81. The van der Waals surface area contributed by atoms with Crippen LogP contribution >= 0.6 is 0 Å². The highest BCUT2D eigenvalue weighted by molar-refractivity contribution is 5.72. The van der Waals surface area contributed by atoms with Crippen LogP contribution in [0, 0.1) is 0 Å². The molecule has 1 atom stereocenters. The summed E-state index contributed by atoms with van der Waals surface area (Å²) in [6.07, 6.45) is 4.40. The lowest BCUT2D eigenvalue weighted by atomic mass is 9.96. The molecule has 0 spiro atoms. The van der Waals surface area contributed by atoms with E-state index in [4.69, 9.17) is 9.84 Å². The van der Waals surface area contributed by atoms with E-state index in [9.17, 15) is 4.79 Å². The fourth-order valence-corrected chi connectivity index (χ4v) is 1.25. The molecule has 0 aromatic rings. The largest absolute Gasteiger partial charge is 0.479 e. The second-order valence-corrected chi connectivity index (χ2v) is 3.30. The van der Waals surface area contributed by atoms with Crippen LogP contribution in [-0.4, -0.2) is 23.3 Å². The third-order valence-corrected chi connectivity index (χ3v) is 2.24. The molecule has 1 N–H and O–H groups in total. The summed E-state index contributed by atoms with van der Waals surface area (Å²) >= 11 is 0. The van der Waals surface area contributed by atoms with E-state index in [0.717, 1.165) is 19.3 Å². The standard InChI is InChI=1S/C9H16O3/c1-2-4-8(9(10)11)12-7-5-3-6-7/h7-8H,2-6H2,1H3,(H,10,11). The number of carboxylic acid groups (broad SMARTS) is 1. The normalized spacial score (nSPS) is 20.1. The smallest absolute Gasteiger partial charge is 0.332 e. The number of hydrogen-bond acceptors (Lipinski definition) is 2. The number of aliphatic carboxylic acids is 1. The van der Waals surface area contributed by atoms with E-state index in [0.29, 0.717) is 6.42 Å². The van der Waals surface area contributed by atoms with E-state index in [1.807, 2.05) is 6.92 Å². The van der Waals surface area contributed by atoms with Crippen molar-refractivity contribution in [1.82, 2.24) is 0 Å². The van der Waals surface area contributed by atoms with Crippen molar-refractivity contribution in [2.24, 2.45) is 0 Å². The molecule has 3 heteroatoms. The summed E-state index contributed by atoms with van der Waals surface area (Å²) in [6.45, 7) is 1.97. The molecule has 0 bridgehead atoms. The van der Waals surface area contributed by atoms with Crippen LogP contribution in [0.4, 0.5) is 0 Å². The monoisotopic (exact) mass is 172 g/mol. The first-order valence-electron chi connectivity index (χ1n) is 4.62. The summed E-state index contributed by atoms with van der Waals surface area (Å²) in [4.78, 5) is 10.6. The molecule has 3 nitrogen and oxygen atoms in total. The Labute approximate surface area is 72.7 Å². The van der Waals surface area contributed by atoms with Gasteiger partial charge in [-0.2, -0.15) is 0 Å². The molecular weight excluding hydrogens is 156 g/mol. The molecule has 70 valence electrons. The minimum Gasteiger partial charge on any atom is -0.479 e. The second kappa shape index (κ2) is 4.45. The maximum atomic E-state index is 10.6. The summed E-state index contributed by atoms with van der Waals surface area (Å²) < 4.78 is 5.39. The third-order valence-electron chi connectivity index (χ3n) is 2.24. The van der Waals surface area contributed by atoms with E-state index in [-0.39, 0.29) is 6.10 Å². The lowest BCUT2D eigenvalue weighted by Gasteiger charge is -2.28. The highest BCUT2D eigenvalue weighted by Crippen LogP contribution is 2.24. The van der Waals surface area contributed by atoms with Gasteiger partial charge in [-0.3, -0.25) is 0 Å². The number of rotatable bonds is 5. The van der Waals surface area contributed by atoms with Gasteiger partial charge in [0.05, 0.1) is 6.10 Å². The lowest BCUT2D eigenvalue weighted by molar-refractivity contribution is -0.158. The molecule has 1 unspecified atom stereocenters. The molecule has 0 aromatic carbocycles. The van der Waals surface area contributed by atoms with Crippen molar-refractivity contribution in [1.29, 1.82) is 0 Å². The summed E-state index contributed by atoms with van der Waals surface area (Å²) in [6, 6.07) is 0. The Morgan fingerprint density at radius 3 is 2.67 bits per heavy atom. The van der Waals surface area contributed by atoms with Crippen LogP contribution in [0.2, 0.25) is 0 Å². The van der Waals surface area contributed by atoms with Crippen molar-refractivity contribution < 1.29 is 14.6 Å². The van der Waals surface area contributed by atoms with Crippen LogP contribution in [-0.2, 0) is 9.53 Å². The minimum absolute atomic E-state index is 0.220. The minimum atomic E-state index is -0.816. The van der Waals surface area contributed by atoms with Crippen LogP contribution in [0.15, 0.2) is 0 Å². The molecule has 1 rings (SSSR count). The van der Waals surface area contributed by atoms with Crippen molar-refractivity contribution in [2.75, 3.05) is 0 Å². The number of ether oxygens (including phenoxy) is 1. The number of hydrogen-bond donors (Lipinski definition) is 1. The second-order valence-electron chi connectivity index (χ2n) is 3.30. The highest BCUT2D eigenvalue weighted by atomic mass is 16.5. The predicted molar refractivity (Wildman–Crippen MR) is 45.1 cm³/mol. The molecule has 0 amide bonds. The molecule has 0 radical (unpaired) electrons. The first kappa shape index (κ1) is 9.52. The number of carboxylic acids is 1. The van der Waals surface area contributed by atoms with Gasteiger partial charge >= 0.3 is 5.97 Å². The molecule has 0 heterocycles. The van der Waals surface area contributed by atoms with Gasteiger partial charge < -0.3 is 9.84 Å². The zero-order valence-electron chi connectivity index (χ0n) is 7.45. The molecule has 1 aliphatic rings. The topological polar surface area (TPSA) is 46.5 Å². The van der Waals surface area contributed by atoms with Crippen LogP contribution < -0.4 is 0 Å². The van der Waals surface area contributed by atoms with Crippen molar-refractivity contribution >= 4 is 5.97 Å². The summed E-state index contributed by atoms with van der Waals surface area (Å²) in [5.74, 6) is -0.816. The fourth-order valence-electron chi connectivity index (χ4n) is 1.25. The van der Waals surface area contributed by atoms with Gasteiger partial charge in [0.15, 0.2) is 6.10 Å². The molecule has 0 saturated heterocycles. The van der Waals surface area contributed by atoms with Crippen LogP contribution in [0.25, 0.3) is 0 Å². The van der Waals surface area contributed by atoms with Gasteiger partial charge in [0, 0.05) is 0 Å². The molecule has 0 aliphatic heterocycles. The van der Waals surface area contributed by atoms with Gasteiger partial charge in [-0.25, -0.2) is 4.79 Å². The molecule has 12 heavy (non-hydrogen) atoms. The fraction of sp³-hybridized carbons (Fsp3) is 0.889. The van der Waals surface area contributed by atoms with Gasteiger partial charge in [-0.1, -0.05) is 13.3 Å². The molecule has 0 aromatic heterocycles. The van der Waals surface area contributed by atoms with Gasteiger partial charge in [0.1, 0.15) is 0 Å². The quantitative estimate of drug-likeness (QED) is 0.688. The summed E-state index contributed by atoms with van der Waals surface area (Å²) in [5, 5.41) is 8.75. The van der Waals surface area contributed by atoms with E-state index in [1.54, 1.807) is 0 Å². The Morgan fingerprint density at radius 1 is 1.67 bits per heavy atom. The Balaban J connectivity index is 2.26. The van der Waals surface area contributed by atoms with Crippen molar-refractivity contribution in [3.05, 3.63) is 0 Å². The van der Waals surface area contributed by atoms with Crippen molar-refractivity contribution in [3.63, 3.8) is 0 Å². The van der Waals surface area contributed by atoms with Crippen LogP contribution in [0.3, 0.4) is 0 Å². The van der Waals surface area contributed by atoms with Crippen LogP contribution in [0.5, 0.6) is 0 Å². The van der Waals surface area contributed by atoms with E-state index in [1.165, 1.54) is 6.42 Å². The van der Waals surface area contributed by atoms with Gasteiger partial charge in [-0.05, 0) is 25.7 Å². The molecule has 1 aliphatic carbocycles. The molecular formula is C9H16O3. The lowest BCUT2D eigenvalue weighted by Crippen LogP contribution is -2.32. The van der Waals surface area contributed by atoms with E-state index < -0.39 is 12.1 Å². The maximum Gasteiger partial charge on any atom is 0.332 e. The van der Waals surface area contributed by atoms with E-state index >= 15 is 0 Å². The Morgan fingerprint density at radius 2 is 2.33 bits per heavy atom. The van der Waals surface area contributed by atoms with Gasteiger partial charge in [0.25, 0.3) is 0 Å². The zero-order chi connectivity index (χ0) is 8.97. The first-order chi connectivity index (χ1) is 5.74. The Bertz CT molecular complexity index is 152.